The average Bonchev–Trinajstić information content (AvgIpc) is 3.08. The van der Waals surface area contributed by atoms with Crippen LogP contribution in [-0.4, -0.2) is 93.2 Å². The van der Waals surface area contributed by atoms with Gasteiger partial charge in [-0.2, -0.15) is 0 Å². The van der Waals surface area contributed by atoms with E-state index >= 15 is 0 Å². The standard InChI is InChI=1S/C37H49N3O8/c1-26(38)37(43)40-23-32(42)36(35(24-40)48-22-21-47-34-12-7-4-9-28(34)17-18-39-27(2)41)29-13-15-31(16-14-29)46-20-8-19-45-25-30-10-5-6-11-33(30)44-3/h4-7,9-16,26,32,35-36,42H,8,17-25,38H2,1-3H3,(H,39,41)/t26-,32+,35-,36-/m0/s1. The Labute approximate surface area is 283 Å². The number of nitrogens with zero attached hydrogens (tertiary/aromatic N) is 1. The predicted octanol–water partition coefficient (Wildman–Crippen LogP) is 3.46. The van der Waals surface area contributed by atoms with Gasteiger partial charge in [0.2, 0.25) is 11.8 Å². The number of nitrogens with two attached hydrogens (primary N) is 1. The van der Waals surface area contributed by atoms with Gasteiger partial charge in [0, 0.05) is 44.5 Å². The van der Waals surface area contributed by atoms with Crippen LogP contribution in [0.25, 0.3) is 0 Å². The molecule has 3 aromatic rings. The fourth-order valence-corrected chi connectivity index (χ4v) is 5.77. The number of nitrogens with one attached hydrogen (secondary N) is 1. The largest absolute Gasteiger partial charge is 0.496 e. The Kier molecular flexibility index (Phi) is 14.5. The van der Waals surface area contributed by atoms with Crippen molar-refractivity contribution in [3.05, 3.63) is 89.5 Å². The van der Waals surface area contributed by atoms with Crippen LogP contribution in [0.15, 0.2) is 72.8 Å². The van der Waals surface area contributed by atoms with E-state index in [2.05, 4.69) is 5.32 Å². The third kappa shape index (κ3) is 10.9. The zero-order valence-electron chi connectivity index (χ0n) is 28.1. The maximum absolute atomic E-state index is 12.8. The van der Waals surface area contributed by atoms with Gasteiger partial charge in [0.25, 0.3) is 0 Å². The molecule has 1 heterocycles. The molecule has 11 nitrogen and oxygen atoms in total. The van der Waals surface area contributed by atoms with Crippen molar-refractivity contribution in [3.63, 3.8) is 0 Å². The minimum atomic E-state index is -0.853. The monoisotopic (exact) mass is 663 g/mol. The van der Waals surface area contributed by atoms with Gasteiger partial charge in [-0.25, -0.2) is 0 Å². The van der Waals surface area contributed by atoms with Crippen molar-refractivity contribution in [1.82, 2.24) is 10.2 Å². The fraction of sp³-hybridized carbons (Fsp3) is 0.459. The van der Waals surface area contributed by atoms with E-state index in [1.54, 1.807) is 18.9 Å². The van der Waals surface area contributed by atoms with Crippen LogP contribution in [0.4, 0.5) is 0 Å². The molecule has 0 bridgehead atoms. The van der Waals surface area contributed by atoms with E-state index in [0.717, 1.165) is 34.6 Å². The first-order valence-corrected chi connectivity index (χ1v) is 16.5. The molecule has 1 aliphatic rings. The predicted molar refractivity (Wildman–Crippen MR) is 182 cm³/mol. The lowest BCUT2D eigenvalue weighted by Crippen LogP contribution is -2.56. The number of amides is 2. The van der Waals surface area contributed by atoms with Crippen LogP contribution in [0, 0.1) is 0 Å². The third-order valence-corrected chi connectivity index (χ3v) is 8.15. The van der Waals surface area contributed by atoms with Crippen molar-refractivity contribution < 1.29 is 38.4 Å². The minimum absolute atomic E-state index is 0.0769. The summed E-state index contributed by atoms with van der Waals surface area (Å²) in [5.41, 5.74) is 8.76. The lowest BCUT2D eigenvalue weighted by molar-refractivity contribution is -0.142. The van der Waals surface area contributed by atoms with E-state index in [1.807, 2.05) is 72.8 Å². The van der Waals surface area contributed by atoms with Crippen LogP contribution < -0.4 is 25.3 Å². The van der Waals surface area contributed by atoms with Crippen LogP contribution in [-0.2, 0) is 32.1 Å². The Morgan fingerprint density at radius 3 is 2.33 bits per heavy atom. The van der Waals surface area contributed by atoms with Gasteiger partial charge >= 0.3 is 0 Å². The summed E-state index contributed by atoms with van der Waals surface area (Å²) in [5.74, 6) is 1.56. The molecule has 260 valence electrons. The zero-order chi connectivity index (χ0) is 34.3. The van der Waals surface area contributed by atoms with Crippen molar-refractivity contribution in [2.45, 2.75) is 57.5 Å². The molecule has 1 fully saturated rings. The van der Waals surface area contributed by atoms with Crippen molar-refractivity contribution in [1.29, 1.82) is 0 Å². The summed E-state index contributed by atoms with van der Waals surface area (Å²) in [6, 6.07) is 22.4. The number of piperidine rings is 1. The number of methoxy groups -OCH3 is 1. The van der Waals surface area contributed by atoms with Gasteiger partial charge in [-0.05, 0) is 48.7 Å². The normalized spacial score (nSPS) is 18.2. The van der Waals surface area contributed by atoms with Gasteiger partial charge in [0.1, 0.15) is 23.9 Å². The van der Waals surface area contributed by atoms with Gasteiger partial charge in [0.05, 0.1) is 51.8 Å². The van der Waals surface area contributed by atoms with Crippen LogP contribution in [0.5, 0.6) is 17.2 Å². The molecule has 0 aromatic heterocycles. The quantitative estimate of drug-likeness (QED) is 0.175. The number of para-hydroxylation sites is 2. The maximum atomic E-state index is 12.8. The number of β-amino-alcohol motifs (C(OH)–C–C–N with tert-alkyl or cyclic N) is 1. The molecule has 3 aromatic carbocycles. The van der Waals surface area contributed by atoms with Gasteiger partial charge in [-0.15, -0.1) is 0 Å². The highest BCUT2D eigenvalue weighted by molar-refractivity contribution is 5.81. The second-order valence-electron chi connectivity index (χ2n) is 11.9. The number of benzene rings is 3. The van der Waals surface area contributed by atoms with Crippen molar-refractivity contribution in [3.8, 4) is 17.2 Å². The first-order chi connectivity index (χ1) is 23.3. The molecule has 1 aliphatic heterocycles. The molecule has 4 N–H and O–H groups in total. The third-order valence-electron chi connectivity index (χ3n) is 8.15. The van der Waals surface area contributed by atoms with E-state index in [-0.39, 0.29) is 37.5 Å². The second kappa shape index (κ2) is 19.0. The second-order valence-corrected chi connectivity index (χ2v) is 11.9. The SMILES string of the molecule is COc1ccccc1COCCCOc1ccc([C@H]2[C@H](O)CN(C(=O)[C@H](C)N)C[C@@H]2OCCOc2ccccc2CCNC(C)=O)cc1. The smallest absolute Gasteiger partial charge is 0.239 e. The summed E-state index contributed by atoms with van der Waals surface area (Å²) in [6.45, 7) is 6.13. The Balaban J connectivity index is 1.30. The van der Waals surface area contributed by atoms with Crippen LogP contribution in [0.3, 0.4) is 0 Å². The van der Waals surface area contributed by atoms with Crippen LogP contribution in [0.2, 0.25) is 0 Å². The number of rotatable bonds is 18. The summed E-state index contributed by atoms with van der Waals surface area (Å²) in [6.07, 6.45) is 0.0230. The van der Waals surface area contributed by atoms with Crippen molar-refractivity contribution >= 4 is 11.8 Å². The zero-order valence-corrected chi connectivity index (χ0v) is 28.1. The number of carbonyl (C=O) groups excluding carboxylic acids is 2. The molecule has 2 amide bonds. The lowest BCUT2D eigenvalue weighted by Gasteiger charge is -2.42. The van der Waals surface area contributed by atoms with E-state index < -0.39 is 18.2 Å². The van der Waals surface area contributed by atoms with Crippen molar-refractivity contribution in [2.75, 3.05) is 53.2 Å². The van der Waals surface area contributed by atoms with Crippen molar-refractivity contribution in [2.24, 2.45) is 5.73 Å². The number of hydrogen-bond acceptors (Lipinski definition) is 9. The molecule has 4 atom stereocenters. The summed E-state index contributed by atoms with van der Waals surface area (Å²) in [5, 5.41) is 14.1. The Morgan fingerprint density at radius 1 is 0.917 bits per heavy atom. The molecule has 0 unspecified atom stereocenters. The summed E-state index contributed by atoms with van der Waals surface area (Å²) in [7, 11) is 1.65. The van der Waals surface area contributed by atoms with E-state index in [9.17, 15) is 14.7 Å². The van der Waals surface area contributed by atoms with Gasteiger partial charge in [-0.3, -0.25) is 9.59 Å². The number of ether oxygens (including phenoxy) is 5. The topological polar surface area (TPSA) is 142 Å². The first-order valence-electron chi connectivity index (χ1n) is 16.5. The van der Waals surface area contributed by atoms with Crippen LogP contribution >= 0.6 is 0 Å². The highest BCUT2D eigenvalue weighted by Crippen LogP contribution is 2.32. The average molecular weight is 664 g/mol. The Hall–Kier alpha value is -4.16. The number of likely N-dealkylation sites (tertiary alicyclic amines) is 1. The molecule has 1 saturated heterocycles. The number of aliphatic hydroxyl groups excluding tert-OH is 1. The Bertz CT molecular complexity index is 1430. The molecule has 0 radical (unpaired) electrons. The molecule has 0 aliphatic carbocycles. The maximum Gasteiger partial charge on any atom is 0.239 e. The van der Waals surface area contributed by atoms with E-state index in [0.29, 0.717) is 45.1 Å². The van der Waals surface area contributed by atoms with Gasteiger partial charge in [0.15, 0.2) is 0 Å². The fourth-order valence-electron chi connectivity index (χ4n) is 5.77. The number of carbonyl (C=O) groups is 2. The summed E-state index contributed by atoms with van der Waals surface area (Å²) < 4.78 is 29.5. The first kappa shape index (κ1) is 36.7. The lowest BCUT2D eigenvalue weighted by atomic mass is 9.84. The molecule has 48 heavy (non-hydrogen) atoms. The molecule has 0 spiro atoms. The van der Waals surface area contributed by atoms with Gasteiger partial charge in [-0.1, -0.05) is 48.5 Å². The van der Waals surface area contributed by atoms with Gasteiger partial charge < -0.3 is 44.7 Å². The molecule has 0 saturated carbocycles. The van der Waals surface area contributed by atoms with E-state index in [1.165, 1.54) is 6.92 Å². The highest BCUT2D eigenvalue weighted by Gasteiger charge is 2.40. The molecular weight excluding hydrogens is 614 g/mol. The minimum Gasteiger partial charge on any atom is -0.496 e. The molecule has 4 rings (SSSR count). The molecule has 11 heteroatoms. The summed E-state index contributed by atoms with van der Waals surface area (Å²) in [4.78, 5) is 25.6. The highest BCUT2D eigenvalue weighted by atomic mass is 16.5. The van der Waals surface area contributed by atoms with E-state index in [4.69, 9.17) is 29.4 Å². The molecular formula is C37H49N3O8. The number of hydrogen-bond donors (Lipinski definition) is 3. The Morgan fingerprint density at radius 2 is 1.62 bits per heavy atom. The summed E-state index contributed by atoms with van der Waals surface area (Å²) >= 11 is 0. The van der Waals surface area contributed by atoms with Crippen LogP contribution in [0.1, 0.15) is 42.9 Å². The number of aliphatic hydroxyl groups is 1.